The summed E-state index contributed by atoms with van der Waals surface area (Å²) in [6.07, 6.45) is 0.917. The van der Waals surface area contributed by atoms with E-state index < -0.39 is 0 Å². The lowest BCUT2D eigenvalue weighted by Gasteiger charge is -2.18. The van der Waals surface area contributed by atoms with E-state index in [1.165, 1.54) is 0 Å². The summed E-state index contributed by atoms with van der Waals surface area (Å²) in [5.41, 5.74) is 7.08. The topological polar surface area (TPSA) is 76.4 Å². The van der Waals surface area contributed by atoms with Gasteiger partial charge in [0.2, 0.25) is 0 Å². The van der Waals surface area contributed by atoms with Crippen molar-refractivity contribution in [3.05, 3.63) is 18.2 Å². The van der Waals surface area contributed by atoms with E-state index in [0.29, 0.717) is 18.0 Å². The molecule has 2 rings (SSSR count). The first-order valence-corrected chi connectivity index (χ1v) is 5.30. The molecular weight excluding hydrogens is 206 g/mol. The van der Waals surface area contributed by atoms with E-state index in [4.69, 9.17) is 10.5 Å². The lowest BCUT2D eigenvalue weighted by Crippen LogP contribution is -2.25. The number of nitrogens with one attached hydrogen (secondary N) is 2. The Hall–Kier alpha value is -1.75. The number of hydrogen-bond donors (Lipinski definition) is 3. The first-order valence-electron chi connectivity index (χ1n) is 5.30. The number of carbonyl (C=O) groups is 1. The van der Waals surface area contributed by atoms with Crippen molar-refractivity contribution in [2.45, 2.75) is 6.42 Å². The summed E-state index contributed by atoms with van der Waals surface area (Å²) < 4.78 is 5.26. The van der Waals surface area contributed by atoms with Crippen molar-refractivity contribution in [2.24, 2.45) is 5.73 Å². The van der Waals surface area contributed by atoms with Gasteiger partial charge >= 0.3 is 0 Å². The Balaban J connectivity index is 2.06. The second kappa shape index (κ2) is 4.85. The van der Waals surface area contributed by atoms with Gasteiger partial charge in [-0.25, -0.2) is 0 Å². The molecule has 1 aliphatic heterocycles. The zero-order valence-corrected chi connectivity index (χ0v) is 8.95. The maximum absolute atomic E-state index is 11.1. The molecule has 0 radical (unpaired) electrons. The molecule has 0 atom stereocenters. The highest BCUT2D eigenvalue weighted by Gasteiger charge is 2.15. The van der Waals surface area contributed by atoms with Crippen LogP contribution in [0.15, 0.2) is 18.2 Å². The molecule has 1 aliphatic rings. The second-order valence-corrected chi connectivity index (χ2v) is 3.62. The van der Waals surface area contributed by atoms with Gasteiger partial charge in [-0.1, -0.05) is 0 Å². The van der Waals surface area contributed by atoms with Gasteiger partial charge in [0.05, 0.1) is 5.69 Å². The van der Waals surface area contributed by atoms with Crippen LogP contribution >= 0.6 is 0 Å². The minimum Gasteiger partial charge on any atom is -0.482 e. The van der Waals surface area contributed by atoms with Crippen molar-refractivity contribution < 1.29 is 9.53 Å². The van der Waals surface area contributed by atoms with E-state index in [1.807, 2.05) is 18.2 Å². The number of nitrogens with two attached hydrogens (primary N) is 1. The van der Waals surface area contributed by atoms with E-state index in [-0.39, 0.29) is 12.5 Å². The summed E-state index contributed by atoms with van der Waals surface area (Å²) in [7, 11) is 0. The Labute approximate surface area is 94.0 Å². The first kappa shape index (κ1) is 10.8. The molecule has 86 valence electrons. The van der Waals surface area contributed by atoms with E-state index in [2.05, 4.69) is 10.6 Å². The molecule has 1 aromatic rings. The average Bonchev–Trinajstić information content (AvgIpc) is 2.29. The Bertz CT molecular complexity index is 393. The van der Waals surface area contributed by atoms with Crippen LogP contribution < -0.4 is 21.1 Å². The van der Waals surface area contributed by atoms with Crippen molar-refractivity contribution >= 4 is 17.3 Å². The van der Waals surface area contributed by atoms with Gasteiger partial charge in [0.15, 0.2) is 6.61 Å². The summed E-state index contributed by atoms with van der Waals surface area (Å²) in [5.74, 6) is 0.593. The van der Waals surface area contributed by atoms with Crippen LogP contribution in [0, 0.1) is 0 Å². The van der Waals surface area contributed by atoms with Crippen LogP contribution in [-0.4, -0.2) is 25.6 Å². The molecule has 0 fully saturated rings. The number of hydrogen-bond acceptors (Lipinski definition) is 4. The smallest absolute Gasteiger partial charge is 0.262 e. The fourth-order valence-corrected chi connectivity index (χ4v) is 1.53. The lowest BCUT2D eigenvalue weighted by atomic mass is 10.2. The molecule has 1 amide bonds. The highest BCUT2D eigenvalue weighted by Crippen LogP contribution is 2.30. The largest absolute Gasteiger partial charge is 0.482 e. The summed E-state index contributed by atoms with van der Waals surface area (Å²) in [6, 6.07) is 5.63. The maximum Gasteiger partial charge on any atom is 0.262 e. The number of amides is 1. The predicted molar refractivity (Wildman–Crippen MR) is 62.7 cm³/mol. The fraction of sp³-hybridized carbons (Fsp3) is 0.364. The summed E-state index contributed by atoms with van der Waals surface area (Å²) in [5, 5.41) is 5.99. The van der Waals surface area contributed by atoms with E-state index >= 15 is 0 Å². The Kier molecular flexibility index (Phi) is 3.26. The zero-order chi connectivity index (χ0) is 11.4. The molecule has 1 aromatic carbocycles. The van der Waals surface area contributed by atoms with Crippen LogP contribution in [0.4, 0.5) is 11.4 Å². The molecule has 4 N–H and O–H groups in total. The van der Waals surface area contributed by atoms with Crippen LogP contribution in [0.1, 0.15) is 6.42 Å². The first-order chi connectivity index (χ1) is 7.79. The van der Waals surface area contributed by atoms with Crippen molar-refractivity contribution in [3.63, 3.8) is 0 Å². The van der Waals surface area contributed by atoms with E-state index in [0.717, 1.165) is 18.7 Å². The molecule has 5 heteroatoms. The number of fused-ring (bicyclic) bond motifs is 1. The van der Waals surface area contributed by atoms with Crippen molar-refractivity contribution in [2.75, 3.05) is 30.3 Å². The van der Waals surface area contributed by atoms with Gasteiger partial charge in [-0.2, -0.15) is 0 Å². The standard InChI is InChI=1S/C11H15N3O2/c12-4-1-5-13-8-2-3-10-9(6-8)14-11(15)7-16-10/h2-3,6,13H,1,4-5,7,12H2,(H,14,15). The maximum atomic E-state index is 11.1. The molecule has 0 saturated heterocycles. The number of carbonyl (C=O) groups excluding carboxylic acids is 1. The van der Waals surface area contributed by atoms with Gasteiger partial charge < -0.3 is 21.1 Å². The highest BCUT2D eigenvalue weighted by molar-refractivity contribution is 5.95. The molecule has 5 nitrogen and oxygen atoms in total. The Morgan fingerprint density at radius 3 is 3.19 bits per heavy atom. The van der Waals surface area contributed by atoms with Gasteiger partial charge in [0, 0.05) is 12.2 Å². The van der Waals surface area contributed by atoms with Crippen molar-refractivity contribution in [3.8, 4) is 5.75 Å². The molecule has 1 heterocycles. The predicted octanol–water partition coefficient (Wildman–Crippen LogP) is 0.778. The minimum absolute atomic E-state index is 0.0902. The number of anilines is 2. The third kappa shape index (κ3) is 2.43. The van der Waals surface area contributed by atoms with Gasteiger partial charge in [0.25, 0.3) is 5.91 Å². The van der Waals surface area contributed by atoms with Crippen LogP contribution in [-0.2, 0) is 4.79 Å². The third-order valence-corrected chi connectivity index (χ3v) is 2.32. The molecule has 0 aromatic heterocycles. The second-order valence-electron chi connectivity index (χ2n) is 3.62. The Morgan fingerprint density at radius 2 is 2.38 bits per heavy atom. The van der Waals surface area contributed by atoms with Gasteiger partial charge in [-0.05, 0) is 31.2 Å². The summed E-state index contributed by atoms with van der Waals surface area (Å²) in [6.45, 7) is 1.58. The SMILES string of the molecule is NCCCNc1ccc2c(c1)NC(=O)CO2. The number of rotatable bonds is 4. The van der Waals surface area contributed by atoms with E-state index in [9.17, 15) is 4.79 Å². The molecule has 16 heavy (non-hydrogen) atoms. The third-order valence-electron chi connectivity index (χ3n) is 2.32. The molecule has 0 unspecified atom stereocenters. The minimum atomic E-state index is -0.119. The molecule has 0 aliphatic carbocycles. The van der Waals surface area contributed by atoms with Gasteiger partial charge in [-0.3, -0.25) is 4.79 Å². The fourth-order valence-electron chi connectivity index (χ4n) is 1.53. The van der Waals surface area contributed by atoms with Gasteiger partial charge in [-0.15, -0.1) is 0 Å². The summed E-state index contributed by atoms with van der Waals surface area (Å²) >= 11 is 0. The monoisotopic (exact) mass is 221 g/mol. The van der Waals surface area contributed by atoms with Crippen LogP contribution in [0.5, 0.6) is 5.75 Å². The molecule has 0 spiro atoms. The number of ether oxygens (including phenoxy) is 1. The molecule has 0 bridgehead atoms. The normalized spacial score (nSPS) is 13.7. The van der Waals surface area contributed by atoms with Gasteiger partial charge in [0.1, 0.15) is 5.75 Å². The van der Waals surface area contributed by atoms with Crippen molar-refractivity contribution in [1.29, 1.82) is 0 Å². The van der Waals surface area contributed by atoms with Crippen LogP contribution in [0.25, 0.3) is 0 Å². The average molecular weight is 221 g/mol. The zero-order valence-electron chi connectivity index (χ0n) is 8.95. The highest BCUT2D eigenvalue weighted by atomic mass is 16.5. The van der Waals surface area contributed by atoms with Crippen molar-refractivity contribution in [1.82, 2.24) is 0 Å². The lowest BCUT2D eigenvalue weighted by molar-refractivity contribution is -0.118. The molecule has 0 saturated carbocycles. The summed E-state index contributed by atoms with van der Waals surface area (Å²) in [4.78, 5) is 11.1. The molecular formula is C11H15N3O2. The number of benzene rings is 1. The quantitative estimate of drug-likeness (QED) is 0.657. The van der Waals surface area contributed by atoms with Crippen LogP contribution in [0.2, 0.25) is 0 Å². The van der Waals surface area contributed by atoms with E-state index in [1.54, 1.807) is 0 Å². The Morgan fingerprint density at radius 1 is 1.50 bits per heavy atom. The van der Waals surface area contributed by atoms with Crippen LogP contribution in [0.3, 0.4) is 0 Å².